The number of carbonyl (C=O) groups is 9. The minimum absolute atomic E-state index is 0.00241. The summed E-state index contributed by atoms with van der Waals surface area (Å²) < 4.78 is 41.3. The second-order valence-corrected chi connectivity index (χ2v) is 48.4. The summed E-state index contributed by atoms with van der Waals surface area (Å²) in [4.78, 5) is 108. The van der Waals surface area contributed by atoms with Gasteiger partial charge in [0.05, 0.1) is 89.8 Å². The molecule has 738 valence electrons. The highest BCUT2D eigenvalue weighted by Crippen LogP contribution is 2.78. The van der Waals surface area contributed by atoms with E-state index in [1.165, 1.54) is 72.7 Å². The Kier molecular flexibility index (Phi) is 38.3. The van der Waals surface area contributed by atoms with Crippen LogP contribution in [0, 0.1) is 122 Å². The van der Waals surface area contributed by atoms with Crippen molar-refractivity contribution in [1.82, 2.24) is 0 Å². The molecule has 2 heterocycles. The highest BCUT2D eigenvalue weighted by atomic mass is 35.5. The van der Waals surface area contributed by atoms with E-state index in [-0.39, 0.29) is 187 Å². The average Bonchev–Trinajstić information content (AvgIpc) is 1.48. The van der Waals surface area contributed by atoms with E-state index in [4.69, 9.17) is 61.1 Å². The maximum Gasteiger partial charge on any atom is 0.316 e. The molecule has 15 atom stereocenters. The third-order valence-electron chi connectivity index (χ3n) is 29.4. The first-order valence-corrected chi connectivity index (χ1v) is 51.9. The van der Waals surface area contributed by atoms with Crippen LogP contribution in [0.15, 0.2) is 108 Å². The van der Waals surface area contributed by atoms with Gasteiger partial charge in [-0.15, -0.1) is 11.3 Å². The minimum atomic E-state index is -1.04. The highest BCUT2D eigenvalue weighted by molar-refractivity contribution is 8.14. The van der Waals surface area contributed by atoms with Gasteiger partial charge in [-0.3, -0.25) is 43.2 Å². The van der Waals surface area contributed by atoms with E-state index >= 15 is 0 Å². The Labute approximate surface area is 812 Å². The second-order valence-electron chi connectivity index (χ2n) is 44.9. The summed E-state index contributed by atoms with van der Waals surface area (Å²) in [6, 6.07) is 30.4. The van der Waals surface area contributed by atoms with Crippen LogP contribution in [-0.2, 0) is 86.5 Å². The molecule has 1 spiro atoms. The quantitative estimate of drug-likeness (QED) is 0.0275. The number of hydrogen-bond donors (Lipinski definition) is 0. The van der Waals surface area contributed by atoms with Crippen molar-refractivity contribution in [3.63, 3.8) is 0 Å². The molecule has 4 aromatic rings. The maximum absolute atomic E-state index is 12.2. The van der Waals surface area contributed by atoms with Crippen molar-refractivity contribution < 1.29 is 81.0 Å². The van der Waals surface area contributed by atoms with Gasteiger partial charge < -0.3 is 37.9 Å². The van der Waals surface area contributed by atoms with Crippen molar-refractivity contribution in [2.75, 3.05) is 5.75 Å². The molecule has 11 fully saturated rings. The first-order valence-electron chi connectivity index (χ1n) is 49.3. The molecular weight excluding hydrogens is 1740 g/mol. The summed E-state index contributed by atoms with van der Waals surface area (Å²) in [5, 5.41) is 2.24. The van der Waals surface area contributed by atoms with E-state index < -0.39 is 10.3 Å². The summed E-state index contributed by atoms with van der Waals surface area (Å²) in [5.74, 6) is 2.63. The van der Waals surface area contributed by atoms with Crippen LogP contribution in [0.2, 0.25) is 0 Å². The molecular formula is C111H166Cl2O17S2. The molecule has 0 bridgehead atoms. The SMILES string of the molecule is CC.CC(C)OC(=O)C1(c2ccccc2)CC1.CC(C)OC(=O)C1C(C)C1(C)C.CC(C)OC(=O)C1C(C2CC2(C)C)C1(C)C.CC(C)OC(=O)C1C(C=C2CCSC2=O)C1(C)C.CC(C)OC(=O)C1C(c2cccs2)C1(C)C.CCCC1(C)C(C(=O)OC(C)C)C12CCCC2.Cc1ccc(C2C(C(=O)OC(C)C)C2(C)C)cc1.Cc1ccc(C2C(C(=O)OC(C)C)C2(Cl)Cl)cc1. The molecule has 0 radical (unpaired) electrons. The molecule has 132 heavy (non-hydrogen) atoms. The second kappa shape index (κ2) is 44.9. The van der Waals surface area contributed by atoms with Crippen LogP contribution in [0.5, 0.6) is 0 Å². The van der Waals surface area contributed by atoms with Crippen LogP contribution >= 0.6 is 46.3 Å². The molecule has 10 saturated carbocycles. The number of hydrogen-bond acceptors (Lipinski definition) is 19. The van der Waals surface area contributed by atoms with Crippen molar-refractivity contribution >= 4 is 99.2 Å². The van der Waals surface area contributed by atoms with Crippen LogP contribution in [-0.4, -0.2) is 112 Å². The van der Waals surface area contributed by atoms with Gasteiger partial charge in [-0.25, -0.2) is 0 Å². The third-order valence-corrected chi connectivity index (χ3v) is 32.3. The lowest BCUT2D eigenvalue weighted by Crippen LogP contribution is -2.25. The van der Waals surface area contributed by atoms with Crippen LogP contribution < -0.4 is 0 Å². The lowest BCUT2D eigenvalue weighted by molar-refractivity contribution is -0.151. The van der Waals surface area contributed by atoms with E-state index in [0.717, 1.165) is 53.2 Å². The molecule has 1 aliphatic heterocycles. The van der Waals surface area contributed by atoms with Crippen LogP contribution in [0.3, 0.4) is 0 Å². The summed E-state index contributed by atoms with van der Waals surface area (Å²) in [6.45, 7) is 70.9. The molecule has 21 heteroatoms. The van der Waals surface area contributed by atoms with Crippen molar-refractivity contribution in [2.45, 2.75) is 383 Å². The summed E-state index contributed by atoms with van der Waals surface area (Å²) in [7, 11) is 0. The summed E-state index contributed by atoms with van der Waals surface area (Å²) in [6.07, 6.45) is 13.1. The smallest absolute Gasteiger partial charge is 0.316 e. The van der Waals surface area contributed by atoms with Gasteiger partial charge in [-0.05, 0) is 265 Å². The topological polar surface area (TPSA) is 227 Å². The largest absolute Gasteiger partial charge is 0.463 e. The monoisotopic (exact) mass is 1910 g/mol. The van der Waals surface area contributed by atoms with E-state index in [0.29, 0.717) is 34.5 Å². The number of allylic oxidation sites excluding steroid dienone is 1. The van der Waals surface area contributed by atoms with Crippen LogP contribution in [0.25, 0.3) is 0 Å². The lowest BCUT2D eigenvalue weighted by Gasteiger charge is -2.16. The Morgan fingerprint density at radius 3 is 1.21 bits per heavy atom. The molecule has 17 nitrogen and oxygen atoms in total. The van der Waals surface area contributed by atoms with Crippen LogP contribution in [0.1, 0.15) is 343 Å². The zero-order valence-corrected chi connectivity index (χ0v) is 90.0. The molecule has 10 aliphatic carbocycles. The fraction of sp³-hybridized carbons (Fsp3) is 0.703. The van der Waals surface area contributed by atoms with Crippen molar-refractivity contribution in [2.24, 2.45) is 108 Å². The first-order chi connectivity index (χ1) is 61.1. The minimum Gasteiger partial charge on any atom is -0.463 e. The van der Waals surface area contributed by atoms with Gasteiger partial charge in [-0.2, -0.15) is 0 Å². The fourth-order valence-corrected chi connectivity index (χ4v) is 23.8. The van der Waals surface area contributed by atoms with Gasteiger partial charge in [-0.1, -0.05) is 274 Å². The fourth-order valence-electron chi connectivity index (χ4n) is 21.1. The molecule has 11 aliphatic rings. The van der Waals surface area contributed by atoms with Crippen molar-refractivity contribution in [1.29, 1.82) is 0 Å². The molecule has 0 amide bonds. The Bertz CT molecular complexity index is 4470. The Morgan fingerprint density at radius 2 is 0.833 bits per heavy atom. The Morgan fingerprint density at radius 1 is 0.447 bits per heavy atom. The zero-order valence-electron chi connectivity index (χ0n) is 86.8. The number of rotatable bonds is 24. The van der Waals surface area contributed by atoms with Gasteiger partial charge in [0.15, 0.2) is 0 Å². The summed E-state index contributed by atoms with van der Waals surface area (Å²) >= 11 is 15.5. The average molecular weight is 1910 g/mol. The maximum atomic E-state index is 12.2. The lowest BCUT2D eigenvalue weighted by atomic mass is 9.89. The van der Waals surface area contributed by atoms with Crippen LogP contribution in [0.4, 0.5) is 0 Å². The molecule has 3 aromatic carbocycles. The van der Waals surface area contributed by atoms with E-state index in [2.05, 4.69) is 146 Å². The summed E-state index contributed by atoms with van der Waals surface area (Å²) in [5.41, 5.74) is 7.58. The van der Waals surface area contributed by atoms with Gasteiger partial charge in [0.25, 0.3) is 0 Å². The number of esters is 8. The van der Waals surface area contributed by atoms with Gasteiger partial charge >= 0.3 is 47.8 Å². The molecule has 0 N–H and O–H groups in total. The van der Waals surface area contributed by atoms with Gasteiger partial charge in [0.2, 0.25) is 5.12 Å². The standard InChI is InChI=1S/C16H22O2.C15H26O2.C14H16Cl2O2.C14H20O3S.C14H24O2.C13H18O2S.C13H16O2.C10H18O2.C2H6/c1-10(2)18-15(17)14-13(16(14,4)5)12-8-6-11(3)7-9-12;1-5-8-14(4)12(13(16)17-11(2)3)15(14)9-6-7-10-15;1-8(2)18-13(17)12-11(14(12,15)16)10-6-4-9(3)5-7-10;1-8(2)17-12(15)11-10(14(11,3)4)7-9-5-6-18-13(9)16;1-8(2)16-12(15)11-10(14(11,5)6)9-7-13(9,3)4;1-8(2)15-12(14)11-10(13(11,3)4)9-6-5-7-16-9;1-10(2)15-12(14)13(8-9-13)11-6-4-3-5-7-11;1-6(2)12-9(11)8-7(3)10(8,4)5;1-2/h6-10,13-14H,1-5H3;11-12H,5-10H2,1-4H3;4-8,11-12H,1-3H3;7-8,10-11H,5-6H2,1-4H3;8-11H,7H2,1-6H3;5-8,10-11H,1-4H3;3-7,10H,8-9H2,1-2H3;6-8H,1-5H3;1-2H3. The molecule has 1 saturated heterocycles. The van der Waals surface area contributed by atoms with Crippen molar-refractivity contribution in [3.8, 4) is 0 Å². The number of thiophene rings is 1. The predicted molar refractivity (Wildman–Crippen MR) is 533 cm³/mol. The number of aryl methyl sites for hydroxylation is 2. The predicted octanol–water partition coefficient (Wildman–Crippen LogP) is 26.9. The number of benzene rings is 3. The highest BCUT2D eigenvalue weighted by Gasteiger charge is 2.77. The van der Waals surface area contributed by atoms with E-state index in [9.17, 15) is 43.2 Å². The van der Waals surface area contributed by atoms with Gasteiger partial charge in [0, 0.05) is 34.0 Å². The number of thioether (sulfide) groups is 1. The number of alkyl halides is 2. The molecule has 15 unspecified atom stereocenters. The number of halogens is 2. The first kappa shape index (κ1) is 112. The van der Waals surface area contributed by atoms with E-state index in [1.807, 2.05) is 198 Å². The van der Waals surface area contributed by atoms with Crippen molar-refractivity contribution in [3.05, 3.63) is 141 Å². The Balaban J connectivity index is 0.000000206. The molecule has 15 rings (SSSR count). The van der Waals surface area contributed by atoms with Gasteiger partial charge in [0.1, 0.15) is 10.3 Å². The Hall–Kier alpha value is -6.54. The zero-order chi connectivity index (χ0) is 99.8. The number of ether oxygens (including phenoxy) is 8. The van der Waals surface area contributed by atoms with E-state index in [1.54, 1.807) is 11.3 Å². The normalized spacial score (nSPS) is 28.4. The molecule has 1 aromatic heterocycles. The number of carbonyl (C=O) groups excluding carboxylic acids is 9. The third kappa shape index (κ3) is 27.3.